The highest BCUT2D eigenvalue weighted by atomic mass is 15.2. The molecular weight excluding hydrogens is 352 g/mol. The van der Waals surface area contributed by atoms with Crippen molar-refractivity contribution in [3.8, 4) is 0 Å². The van der Waals surface area contributed by atoms with Crippen molar-refractivity contribution >= 4 is 28.2 Å². The fourth-order valence-electron chi connectivity index (χ4n) is 3.13. The molecule has 0 amide bonds. The van der Waals surface area contributed by atoms with Gasteiger partial charge < -0.3 is 21.4 Å². The predicted octanol–water partition coefficient (Wildman–Crippen LogP) is 3.04. The molecule has 2 aromatic heterocycles. The Balaban J connectivity index is 2.29. The zero-order valence-electron chi connectivity index (χ0n) is 17.2. The SMILES string of the molecule is CC(N)CN=c1nc(Nc2cccc(N)c2)c2n[nH]c(C(C)C)c2n1C(C)C. The van der Waals surface area contributed by atoms with Crippen LogP contribution in [0.3, 0.4) is 0 Å². The quantitative estimate of drug-likeness (QED) is 0.488. The summed E-state index contributed by atoms with van der Waals surface area (Å²) in [6.07, 6.45) is 0. The number of aromatic amines is 1. The number of anilines is 3. The molecular formula is C20H30N8. The molecule has 150 valence electrons. The van der Waals surface area contributed by atoms with Crippen LogP contribution < -0.4 is 22.4 Å². The minimum Gasteiger partial charge on any atom is -0.399 e. The maximum atomic E-state index is 5.94. The molecule has 1 unspecified atom stereocenters. The molecule has 0 aliphatic rings. The molecule has 8 nitrogen and oxygen atoms in total. The van der Waals surface area contributed by atoms with Crippen molar-refractivity contribution in [3.05, 3.63) is 35.6 Å². The Morgan fingerprint density at radius 3 is 2.57 bits per heavy atom. The van der Waals surface area contributed by atoms with Crippen LogP contribution in [0.4, 0.5) is 17.2 Å². The summed E-state index contributed by atoms with van der Waals surface area (Å²) in [7, 11) is 0. The Morgan fingerprint density at radius 2 is 1.96 bits per heavy atom. The van der Waals surface area contributed by atoms with Gasteiger partial charge in [0, 0.05) is 23.5 Å². The van der Waals surface area contributed by atoms with Crippen molar-refractivity contribution in [1.82, 2.24) is 19.7 Å². The van der Waals surface area contributed by atoms with Gasteiger partial charge in [-0.05, 0) is 44.9 Å². The summed E-state index contributed by atoms with van der Waals surface area (Å²) in [6, 6.07) is 7.68. The lowest BCUT2D eigenvalue weighted by molar-refractivity contribution is 0.564. The summed E-state index contributed by atoms with van der Waals surface area (Å²) in [5, 5.41) is 11.1. The van der Waals surface area contributed by atoms with E-state index in [1.165, 1.54) is 0 Å². The average molecular weight is 383 g/mol. The zero-order chi connectivity index (χ0) is 20.4. The number of rotatable bonds is 6. The maximum absolute atomic E-state index is 5.94. The zero-order valence-corrected chi connectivity index (χ0v) is 17.2. The van der Waals surface area contributed by atoms with Crippen LogP contribution in [0.1, 0.15) is 52.3 Å². The molecule has 0 bridgehead atoms. The number of aromatic nitrogens is 4. The van der Waals surface area contributed by atoms with Gasteiger partial charge in [-0.2, -0.15) is 10.1 Å². The van der Waals surface area contributed by atoms with Crippen molar-refractivity contribution in [2.24, 2.45) is 10.7 Å². The van der Waals surface area contributed by atoms with E-state index >= 15 is 0 Å². The van der Waals surface area contributed by atoms with Crippen LogP contribution in [0.25, 0.3) is 11.0 Å². The van der Waals surface area contributed by atoms with E-state index in [2.05, 4.69) is 47.8 Å². The molecule has 28 heavy (non-hydrogen) atoms. The predicted molar refractivity (Wildman–Crippen MR) is 115 cm³/mol. The first-order valence-electron chi connectivity index (χ1n) is 9.67. The third-order valence-corrected chi connectivity index (χ3v) is 4.42. The molecule has 1 atom stereocenters. The van der Waals surface area contributed by atoms with Gasteiger partial charge in [0.2, 0.25) is 5.62 Å². The number of benzene rings is 1. The summed E-state index contributed by atoms with van der Waals surface area (Å²) < 4.78 is 2.13. The van der Waals surface area contributed by atoms with Crippen LogP contribution in [-0.4, -0.2) is 32.3 Å². The molecule has 0 saturated heterocycles. The Morgan fingerprint density at radius 1 is 1.21 bits per heavy atom. The van der Waals surface area contributed by atoms with Crippen molar-refractivity contribution < 1.29 is 0 Å². The van der Waals surface area contributed by atoms with Crippen molar-refractivity contribution in [2.45, 2.75) is 52.6 Å². The monoisotopic (exact) mass is 382 g/mol. The number of nitrogens with two attached hydrogens (primary N) is 2. The van der Waals surface area contributed by atoms with Crippen LogP contribution in [0.2, 0.25) is 0 Å². The molecule has 3 aromatic rings. The molecule has 0 fully saturated rings. The van der Waals surface area contributed by atoms with Gasteiger partial charge in [-0.1, -0.05) is 19.9 Å². The molecule has 0 aliphatic heterocycles. The van der Waals surface area contributed by atoms with Crippen LogP contribution in [-0.2, 0) is 0 Å². The number of nitrogens with zero attached hydrogens (tertiary/aromatic N) is 4. The van der Waals surface area contributed by atoms with Gasteiger partial charge in [-0.15, -0.1) is 0 Å². The molecule has 8 heteroatoms. The lowest BCUT2D eigenvalue weighted by Crippen LogP contribution is -2.30. The van der Waals surface area contributed by atoms with E-state index in [1.54, 1.807) is 0 Å². The fourth-order valence-corrected chi connectivity index (χ4v) is 3.13. The van der Waals surface area contributed by atoms with Crippen LogP contribution in [0, 0.1) is 0 Å². The largest absolute Gasteiger partial charge is 0.399 e. The Kier molecular flexibility index (Phi) is 5.69. The van der Waals surface area contributed by atoms with Gasteiger partial charge in [0.05, 0.1) is 17.8 Å². The topological polar surface area (TPSA) is 123 Å². The van der Waals surface area contributed by atoms with Gasteiger partial charge in [0.15, 0.2) is 11.3 Å². The highest BCUT2D eigenvalue weighted by molar-refractivity contribution is 5.89. The summed E-state index contributed by atoms with van der Waals surface area (Å²) >= 11 is 0. The molecule has 0 saturated carbocycles. The Labute approximate surface area is 165 Å². The number of hydrogen-bond donors (Lipinski definition) is 4. The number of nitrogen functional groups attached to an aromatic ring is 1. The van der Waals surface area contributed by atoms with Gasteiger partial charge >= 0.3 is 0 Å². The summed E-state index contributed by atoms with van der Waals surface area (Å²) in [5.74, 6) is 0.919. The smallest absolute Gasteiger partial charge is 0.227 e. The second-order valence-electron chi connectivity index (χ2n) is 7.78. The summed E-state index contributed by atoms with van der Waals surface area (Å²) in [5.41, 5.74) is 16.9. The van der Waals surface area contributed by atoms with E-state index in [0.717, 1.165) is 22.4 Å². The Bertz CT molecular complexity index is 1030. The van der Waals surface area contributed by atoms with E-state index in [0.29, 0.717) is 23.7 Å². The van der Waals surface area contributed by atoms with Gasteiger partial charge in [0.1, 0.15) is 0 Å². The van der Waals surface area contributed by atoms with E-state index in [9.17, 15) is 0 Å². The third-order valence-electron chi connectivity index (χ3n) is 4.42. The van der Waals surface area contributed by atoms with E-state index < -0.39 is 0 Å². The van der Waals surface area contributed by atoms with Crippen LogP contribution >= 0.6 is 0 Å². The maximum Gasteiger partial charge on any atom is 0.227 e. The van der Waals surface area contributed by atoms with Crippen molar-refractivity contribution in [1.29, 1.82) is 0 Å². The molecule has 0 aliphatic carbocycles. The second-order valence-corrected chi connectivity index (χ2v) is 7.78. The number of fused-ring (bicyclic) bond motifs is 1. The minimum atomic E-state index is -0.0441. The summed E-state index contributed by atoms with van der Waals surface area (Å²) in [6.45, 7) is 11.0. The number of nitrogens with one attached hydrogen (secondary N) is 2. The van der Waals surface area contributed by atoms with Gasteiger partial charge in [0.25, 0.3) is 0 Å². The molecule has 2 heterocycles. The van der Waals surface area contributed by atoms with Crippen LogP contribution in [0.15, 0.2) is 29.3 Å². The first kappa shape index (κ1) is 19.9. The average Bonchev–Trinajstić information content (AvgIpc) is 3.04. The third kappa shape index (κ3) is 4.01. The van der Waals surface area contributed by atoms with Crippen molar-refractivity contribution in [2.75, 3.05) is 17.6 Å². The number of H-pyrrole nitrogens is 1. The van der Waals surface area contributed by atoms with E-state index in [-0.39, 0.29) is 18.0 Å². The number of hydrogen-bond acceptors (Lipinski definition) is 6. The van der Waals surface area contributed by atoms with E-state index in [1.807, 2.05) is 31.2 Å². The molecule has 0 spiro atoms. The lowest BCUT2D eigenvalue weighted by Gasteiger charge is -2.17. The first-order valence-corrected chi connectivity index (χ1v) is 9.67. The minimum absolute atomic E-state index is 0.0441. The van der Waals surface area contributed by atoms with Gasteiger partial charge in [-0.25, -0.2) is 4.99 Å². The normalized spacial score (nSPS) is 13.6. The Hall–Kier alpha value is -2.87. The molecule has 6 N–H and O–H groups in total. The second kappa shape index (κ2) is 8.02. The highest BCUT2D eigenvalue weighted by Crippen LogP contribution is 2.29. The highest BCUT2D eigenvalue weighted by Gasteiger charge is 2.20. The van der Waals surface area contributed by atoms with E-state index in [4.69, 9.17) is 21.4 Å². The molecule has 1 aromatic carbocycles. The molecule has 0 radical (unpaired) electrons. The fraction of sp³-hybridized carbons (Fsp3) is 0.450. The standard InChI is InChI=1S/C20H30N8/c1-11(2)16-18-17(27-26-16)19(24-15-8-6-7-14(22)9-15)25-20(23-10-13(5)21)28(18)12(3)4/h6-9,11-13H,10,21-22H2,1-5H3,(H,26,27)(H,23,24,25). The first-order chi connectivity index (χ1) is 13.3. The molecule has 3 rings (SSSR count). The van der Waals surface area contributed by atoms with Crippen LogP contribution in [0.5, 0.6) is 0 Å². The lowest BCUT2D eigenvalue weighted by atomic mass is 10.1. The summed E-state index contributed by atoms with van der Waals surface area (Å²) in [4.78, 5) is 9.50. The van der Waals surface area contributed by atoms with Crippen molar-refractivity contribution in [3.63, 3.8) is 0 Å². The van der Waals surface area contributed by atoms with Gasteiger partial charge in [-0.3, -0.25) is 5.10 Å².